The summed E-state index contributed by atoms with van der Waals surface area (Å²) >= 11 is 2.76. The highest BCUT2D eigenvalue weighted by molar-refractivity contribution is 7.89. The van der Waals surface area contributed by atoms with Crippen molar-refractivity contribution < 1.29 is 17.9 Å². The van der Waals surface area contributed by atoms with Crippen LogP contribution in [-0.2, 0) is 14.8 Å². The minimum Gasteiger partial charge on any atom is -0.465 e. The van der Waals surface area contributed by atoms with E-state index in [-0.39, 0.29) is 9.77 Å². The molecule has 0 spiro atoms. The fourth-order valence-electron chi connectivity index (χ4n) is 2.82. The smallest absolute Gasteiger partial charge is 0.349 e. The number of piperidine rings is 1. The minimum absolute atomic E-state index is 0.0586. The lowest BCUT2D eigenvalue weighted by molar-refractivity contribution is 0.0602. The van der Waals surface area contributed by atoms with Gasteiger partial charge >= 0.3 is 5.97 Å². The first-order chi connectivity index (χ1) is 11.0. The predicted molar refractivity (Wildman–Crippen MR) is 90.7 cm³/mol. The van der Waals surface area contributed by atoms with Crippen molar-refractivity contribution >= 4 is 38.7 Å². The molecule has 0 atom stereocenters. The van der Waals surface area contributed by atoms with Gasteiger partial charge in [-0.1, -0.05) is 0 Å². The highest BCUT2D eigenvalue weighted by Gasteiger charge is 2.33. The topological polar surface area (TPSA) is 63.7 Å². The van der Waals surface area contributed by atoms with Crippen LogP contribution in [0.25, 0.3) is 0 Å². The summed E-state index contributed by atoms with van der Waals surface area (Å²) in [6.07, 6.45) is 1.60. The summed E-state index contributed by atoms with van der Waals surface area (Å²) in [6, 6.07) is 3.59. The molecule has 2 aromatic rings. The molecule has 2 aromatic heterocycles. The first-order valence-electron chi connectivity index (χ1n) is 7.22. The van der Waals surface area contributed by atoms with Gasteiger partial charge in [-0.25, -0.2) is 13.2 Å². The summed E-state index contributed by atoms with van der Waals surface area (Å²) in [5.41, 5.74) is 1.29. The third-order valence-corrected chi connectivity index (χ3v) is 7.75. The number of methoxy groups -OCH3 is 1. The number of sulfonamides is 1. The molecule has 0 N–H and O–H groups in total. The molecule has 0 saturated carbocycles. The van der Waals surface area contributed by atoms with Gasteiger partial charge < -0.3 is 4.74 Å². The quantitative estimate of drug-likeness (QED) is 0.775. The largest absolute Gasteiger partial charge is 0.465 e. The van der Waals surface area contributed by atoms with E-state index in [1.54, 1.807) is 16.7 Å². The highest BCUT2D eigenvalue weighted by atomic mass is 32.2. The molecular formula is C15H17NO4S3. The lowest BCUT2D eigenvalue weighted by atomic mass is 9.92. The molecule has 0 amide bonds. The maximum Gasteiger partial charge on any atom is 0.349 e. The van der Waals surface area contributed by atoms with Crippen molar-refractivity contribution in [2.75, 3.05) is 20.2 Å². The Morgan fingerprint density at radius 3 is 2.61 bits per heavy atom. The third-order valence-electron chi connectivity index (χ3n) is 4.09. The number of nitrogens with zero attached hydrogens (tertiary/aromatic N) is 1. The Bertz CT molecular complexity index is 772. The summed E-state index contributed by atoms with van der Waals surface area (Å²) in [5.74, 6) is -0.193. The van der Waals surface area contributed by atoms with Gasteiger partial charge in [-0.3, -0.25) is 0 Å². The van der Waals surface area contributed by atoms with Crippen LogP contribution in [0.5, 0.6) is 0 Å². The number of ether oxygens (including phenoxy) is 1. The van der Waals surface area contributed by atoms with Crippen molar-refractivity contribution in [3.8, 4) is 0 Å². The van der Waals surface area contributed by atoms with E-state index in [4.69, 9.17) is 0 Å². The Balaban J connectivity index is 1.77. The molecule has 0 aromatic carbocycles. The Kier molecular flexibility index (Phi) is 4.86. The average molecular weight is 372 g/mol. The number of hydrogen-bond donors (Lipinski definition) is 0. The summed E-state index contributed by atoms with van der Waals surface area (Å²) in [6.45, 7) is 0.943. The van der Waals surface area contributed by atoms with Gasteiger partial charge in [0.05, 0.1) is 7.11 Å². The van der Waals surface area contributed by atoms with Crippen LogP contribution in [0, 0.1) is 0 Å². The van der Waals surface area contributed by atoms with Crippen LogP contribution in [0.15, 0.2) is 33.2 Å². The van der Waals surface area contributed by atoms with Gasteiger partial charge in [-0.15, -0.1) is 11.3 Å². The number of hydrogen-bond acceptors (Lipinski definition) is 6. The van der Waals surface area contributed by atoms with Crippen LogP contribution in [0.3, 0.4) is 0 Å². The Morgan fingerprint density at radius 2 is 2.00 bits per heavy atom. The maximum atomic E-state index is 12.8. The van der Waals surface area contributed by atoms with E-state index >= 15 is 0 Å². The van der Waals surface area contributed by atoms with Gasteiger partial charge in [0.25, 0.3) is 0 Å². The van der Waals surface area contributed by atoms with Crippen LogP contribution in [0.4, 0.5) is 0 Å². The Hall–Kier alpha value is -1.22. The molecule has 0 unspecified atom stereocenters. The standard InChI is InChI=1S/C15H17NO4S3/c1-20-15(17)14-13(5-9-22-14)23(18,19)16-6-2-11(3-7-16)12-4-8-21-10-12/h4-5,8-11H,2-3,6-7H2,1H3. The highest BCUT2D eigenvalue weighted by Crippen LogP contribution is 2.33. The average Bonchev–Trinajstić information content (AvgIpc) is 3.25. The Labute approximate surface area is 143 Å². The summed E-state index contributed by atoms with van der Waals surface area (Å²) < 4.78 is 31.8. The van der Waals surface area contributed by atoms with Gasteiger partial charge in [0.15, 0.2) is 0 Å². The van der Waals surface area contributed by atoms with E-state index in [0.717, 1.165) is 24.2 Å². The van der Waals surface area contributed by atoms with E-state index in [9.17, 15) is 13.2 Å². The molecule has 1 fully saturated rings. The van der Waals surface area contributed by atoms with Gasteiger partial charge in [0.2, 0.25) is 10.0 Å². The van der Waals surface area contributed by atoms with Crippen molar-refractivity contribution in [3.05, 3.63) is 38.7 Å². The number of carbonyl (C=O) groups is 1. The number of carbonyl (C=O) groups excluding carboxylic acids is 1. The molecular weight excluding hydrogens is 354 g/mol. The lowest BCUT2D eigenvalue weighted by Crippen LogP contribution is -2.38. The molecule has 3 rings (SSSR count). The second-order valence-corrected chi connectivity index (χ2v) is 8.94. The van der Waals surface area contributed by atoms with Crippen LogP contribution in [-0.4, -0.2) is 38.9 Å². The lowest BCUT2D eigenvalue weighted by Gasteiger charge is -2.30. The van der Waals surface area contributed by atoms with Gasteiger partial charge in [0, 0.05) is 13.1 Å². The van der Waals surface area contributed by atoms with E-state index in [1.165, 1.54) is 23.0 Å². The maximum absolute atomic E-state index is 12.8. The Morgan fingerprint density at radius 1 is 1.26 bits per heavy atom. The molecule has 1 aliphatic heterocycles. The molecule has 0 aliphatic carbocycles. The SMILES string of the molecule is COC(=O)c1sccc1S(=O)(=O)N1CCC(c2ccsc2)CC1. The molecule has 5 nitrogen and oxygen atoms in total. The summed E-state index contributed by atoms with van der Waals surface area (Å²) in [5, 5.41) is 5.78. The molecule has 3 heterocycles. The van der Waals surface area contributed by atoms with Crippen molar-refractivity contribution in [3.63, 3.8) is 0 Å². The zero-order valence-electron chi connectivity index (χ0n) is 12.6. The van der Waals surface area contributed by atoms with Crippen molar-refractivity contribution in [1.29, 1.82) is 0 Å². The van der Waals surface area contributed by atoms with Gasteiger partial charge in [0.1, 0.15) is 9.77 Å². The van der Waals surface area contributed by atoms with Crippen LogP contribution >= 0.6 is 22.7 Å². The predicted octanol–water partition coefficient (Wildman–Crippen LogP) is 3.16. The van der Waals surface area contributed by atoms with E-state index < -0.39 is 16.0 Å². The van der Waals surface area contributed by atoms with E-state index in [2.05, 4.69) is 16.2 Å². The number of rotatable bonds is 4. The van der Waals surface area contributed by atoms with Crippen molar-refractivity contribution in [1.82, 2.24) is 4.31 Å². The minimum atomic E-state index is -3.65. The second kappa shape index (κ2) is 6.72. The summed E-state index contributed by atoms with van der Waals surface area (Å²) in [7, 11) is -2.40. The van der Waals surface area contributed by atoms with Gasteiger partial charge in [-0.2, -0.15) is 15.6 Å². The van der Waals surface area contributed by atoms with Gasteiger partial charge in [-0.05, 0) is 52.6 Å². The first-order valence-corrected chi connectivity index (χ1v) is 10.5. The fraction of sp³-hybridized carbons (Fsp3) is 0.400. The molecule has 124 valence electrons. The number of esters is 1. The van der Waals surface area contributed by atoms with Crippen LogP contribution in [0.2, 0.25) is 0 Å². The van der Waals surface area contributed by atoms with Crippen molar-refractivity contribution in [2.24, 2.45) is 0 Å². The van der Waals surface area contributed by atoms with E-state index in [1.807, 2.05) is 5.38 Å². The normalized spacial score (nSPS) is 17.3. The second-order valence-electron chi connectivity index (χ2n) is 5.34. The third kappa shape index (κ3) is 3.21. The zero-order chi connectivity index (χ0) is 16.4. The summed E-state index contributed by atoms with van der Waals surface area (Å²) in [4.78, 5) is 11.9. The molecule has 8 heteroatoms. The molecule has 0 radical (unpaired) electrons. The first kappa shape index (κ1) is 16.6. The zero-order valence-corrected chi connectivity index (χ0v) is 15.0. The monoisotopic (exact) mass is 371 g/mol. The molecule has 0 bridgehead atoms. The van der Waals surface area contributed by atoms with E-state index in [0.29, 0.717) is 19.0 Å². The number of thiophene rings is 2. The van der Waals surface area contributed by atoms with Crippen molar-refractivity contribution in [2.45, 2.75) is 23.7 Å². The van der Waals surface area contributed by atoms with Crippen LogP contribution < -0.4 is 0 Å². The van der Waals surface area contributed by atoms with Crippen LogP contribution in [0.1, 0.15) is 34.0 Å². The molecule has 1 aliphatic rings. The molecule has 23 heavy (non-hydrogen) atoms. The fourth-order valence-corrected chi connectivity index (χ4v) is 6.34. The molecule has 1 saturated heterocycles.